The highest BCUT2D eigenvalue weighted by Gasteiger charge is 2.33. The Labute approximate surface area is 110 Å². The number of carboxylic acid groups (broad SMARTS) is 1. The highest BCUT2D eigenvalue weighted by atomic mass is 32.2. The van der Waals surface area contributed by atoms with Gasteiger partial charge in [-0.05, 0) is 0 Å². The normalized spacial score (nSPS) is 20.5. The minimum absolute atomic E-state index is 0.00566. The van der Waals surface area contributed by atoms with Gasteiger partial charge < -0.3 is 15.3 Å². The molecule has 7 nitrogen and oxygen atoms in total. The number of hydrogen-bond donors (Lipinski definition) is 2. The Kier molecular flexibility index (Phi) is 5.27. The molecular formula is C9H16N2O5S2. The molecule has 9 heteroatoms. The van der Waals surface area contributed by atoms with E-state index in [-0.39, 0.29) is 13.0 Å². The van der Waals surface area contributed by atoms with Gasteiger partial charge in [0.25, 0.3) is 0 Å². The number of amides is 2. The van der Waals surface area contributed by atoms with E-state index in [1.54, 1.807) is 0 Å². The molecule has 1 heterocycles. The first-order chi connectivity index (χ1) is 8.32. The van der Waals surface area contributed by atoms with Crippen LogP contribution in [0.1, 0.15) is 6.42 Å². The molecule has 0 aromatic carbocycles. The molecule has 2 N–H and O–H groups in total. The average molecular weight is 296 g/mol. The van der Waals surface area contributed by atoms with Crippen molar-refractivity contribution in [2.45, 2.75) is 11.8 Å². The van der Waals surface area contributed by atoms with Gasteiger partial charge in [-0.1, -0.05) is 0 Å². The topological polar surface area (TPSA) is 104 Å². The number of sulfone groups is 1. The van der Waals surface area contributed by atoms with Crippen LogP contribution in [-0.4, -0.2) is 66.6 Å². The highest BCUT2D eigenvalue weighted by molar-refractivity contribution is 8.00. The van der Waals surface area contributed by atoms with Crippen molar-refractivity contribution in [2.75, 3.05) is 30.9 Å². The SMILES string of the molecule is CS(=O)(=O)C1CSCCN1C(=O)NCCC(=O)O. The first-order valence-electron chi connectivity index (χ1n) is 5.35. The summed E-state index contributed by atoms with van der Waals surface area (Å²) in [4.78, 5) is 23.4. The summed E-state index contributed by atoms with van der Waals surface area (Å²) in [6.45, 7) is 0.343. The van der Waals surface area contributed by atoms with E-state index in [2.05, 4.69) is 5.32 Å². The van der Waals surface area contributed by atoms with Gasteiger partial charge in [0.2, 0.25) is 0 Å². The number of carbonyl (C=O) groups excluding carboxylic acids is 1. The zero-order valence-electron chi connectivity index (χ0n) is 9.96. The predicted molar refractivity (Wildman–Crippen MR) is 68.3 cm³/mol. The number of aliphatic carboxylic acids is 1. The van der Waals surface area contributed by atoms with E-state index in [1.807, 2.05) is 0 Å². The van der Waals surface area contributed by atoms with Gasteiger partial charge in [0.15, 0.2) is 9.84 Å². The molecule has 104 valence electrons. The van der Waals surface area contributed by atoms with Crippen LogP contribution in [-0.2, 0) is 14.6 Å². The minimum Gasteiger partial charge on any atom is -0.481 e. The quantitative estimate of drug-likeness (QED) is 0.731. The number of thioether (sulfide) groups is 1. The number of nitrogens with zero attached hydrogens (tertiary/aromatic N) is 1. The first kappa shape index (κ1) is 15.1. The summed E-state index contributed by atoms with van der Waals surface area (Å²) in [6, 6.07) is -0.521. The maximum absolute atomic E-state index is 11.8. The average Bonchev–Trinajstić information content (AvgIpc) is 2.27. The Morgan fingerprint density at radius 2 is 2.17 bits per heavy atom. The summed E-state index contributed by atoms with van der Waals surface area (Å²) in [5.74, 6) is 0.0213. The Balaban J connectivity index is 2.61. The Morgan fingerprint density at radius 1 is 1.50 bits per heavy atom. The van der Waals surface area contributed by atoms with E-state index >= 15 is 0 Å². The molecule has 0 saturated carbocycles. The van der Waals surface area contributed by atoms with Gasteiger partial charge in [0.05, 0.1) is 6.42 Å². The fourth-order valence-corrected chi connectivity index (χ4v) is 4.36. The molecule has 1 aliphatic rings. The van der Waals surface area contributed by atoms with Crippen LogP contribution in [0.25, 0.3) is 0 Å². The fraction of sp³-hybridized carbons (Fsp3) is 0.778. The largest absolute Gasteiger partial charge is 0.481 e. The lowest BCUT2D eigenvalue weighted by molar-refractivity contribution is -0.136. The van der Waals surface area contributed by atoms with Gasteiger partial charge in [0, 0.05) is 30.9 Å². The standard InChI is InChI=1S/C9H16N2O5S2/c1-18(15,16)7-6-17-5-4-11(7)9(14)10-3-2-8(12)13/h7H,2-6H2,1H3,(H,10,14)(H,12,13). The van der Waals surface area contributed by atoms with Gasteiger partial charge in [-0.2, -0.15) is 11.8 Å². The number of hydrogen-bond acceptors (Lipinski definition) is 5. The summed E-state index contributed by atoms with van der Waals surface area (Å²) < 4.78 is 23.1. The van der Waals surface area contributed by atoms with Crippen LogP contribution in [0, 0.1) is 0 Å². The number of carbonyl (C=O) groups is 2. The number of carboxylic acids is 1. The minimum atomic E-state index is -3.33. The van der Waals surface area contributed by atoms with Crippen LogP contribution in [0.4, 0.5) is 4.79 Å². The van der Waals surface area contributed by atoms with Crippen molar-refractivity contribution < 1.29 is 23.1 Å². The van der Waals surface area contributed by atoms with Gasteiger partial charge in [0.1, 0.15) is 5.37 Å². The molecule has 1 saturated heterocycles. The molecule has 0 spiro atoms. The zero-order chi connectivity index (χ0) is 13.8. The number of urea groups is 1. The van der Waals surface area contributed by atoms with Crippen molar-refractivity contribution >= 4 is 33.6 Å². The van der Waals surface area contributed by atoms with Crippen molar-refractivity contribution in [3.63, 3.8) is 0 Å². The van der Waals surface area contributed by atoms with Crippen LogP contribution in [0.15, 0.2) is 0 Å². The van der Waals surface area contributed by atoms with Gasteiger partial charge >= 0.3 is 12.0 Å². The first-order valence-corrected chi connectivity index (χ1v) is 8.46. The monoisotopic (exact) mass is 296 g/mol. The van der Waals surface area contributed by atoms with E-state index in [0.717, 1.165) is 6.26 Å². The van der Waals surface area contributed by atoms with E-state index in [0.29, 0.717) is 18.1 Å². The Hall–Kier alpha value is -0.960. The summed E-state index contributed by atoms with van der Waals surface area (Å²) in [5, 5.41) is 10.0. The van der Waals surface area contributed by atoms with Gasteiger partial charge in [-0.15, -0.1) is 0 Å². The van der Waals surface area contributed by atoms with Crippen LogP contribution < -0.4 is 5.32 Å². The number of nitrogens with one attached hydrogen (secondary N) is 1. The third kappa shape index (κ3) is 4.37. The van der Waals surface area contributed by atoms with E-state index < -0.39 is 27.2 Å². The van der Waals surface area contributed by atoms with Crippen LogP contribution >= 0.6 is 11.8 Å². The van der Waals surface area contributed by atoms with E-state index in [9.17, 15) is 18.0 Å². The third-order valence-corrected chi connectivity index (χ3v) is 5.10. The molecule has 0 aromatic rings. The molecular weight excluding hydrogens is 280 g/mol. The second kappa shape index (κ2) is 6.28. The molecule has 1 unspecified atom stereocenters. The van der Waals surface area contributed by atoms with Crippen LogP contribution in [0.2, 0.25) is 0 Å². The predicted octanol–water partition coefficient (Wildman–Crippen LogP) is -0.410. The summed E-state index contributed by atoms with van der Waals surface area (Å²) in [5.41, 5.74) is 0. The van der Waals surface area contributed by atoms with Gasteiger partial charge in [-0.25, -0.2) is 13.2 Å². The third-order valence-electron chi connectivity index (χ3n) is 2.45. The molecule has 18 heavy (non-hydrogen) atoms. The molecule has 0 aliphatic carbocycles. The molecule has 1 rings (SSSR count). The van der Waals surface area contributed by atoms with E-state index in [1.165, 1.54) is 16.7 Å². The second-order valence-corrected chi connectivity index (χ2v) is 7.28. The van der Waals surface area contributed by atoms with Crippen molar-refractivity contribution in [1.29, 1.82) is 0 Å². The highest BCUT2D eigenvalue weighted by Crippen LogP contribution is 2.20. The summed E-state index contributed by atoms with van der Waals surface area (Å²) in [7, 11) is -3.33. The molecule has 1 aliphatic heterocycles. The van der Waals surface area contributed by atoms with Crippen molar-refractivity contribution in [3.05, 3.63) is 0 Å². The lowest BCUT2D eigenvalue weighted by Crippen LogP contribution is -2.53. The maximum Gasteiger partial charge on any atom is 0.318 e. The molecule has 1 atom stereocenters. The molecule has 1 fully saturated rings. The maximum atomic E-state index is 11.8. The van der Waals surface area contributed by atoms with Crippen molar-refractivity contribution in [3.8, 4) is 0 Å². The zero-order valence-corrected chi connectivity index (χ0v) is 11.6. The molecule has 0 radical (unpaired) electrons. The van der Waals surface area contributed by atoms with Gasteiger partial charge in [-0.3, -0.25) is 4.79 Å². The molecule has 0 aromatic heterocycles. The Morgan fingerprint density at radius 3 is 2.72 bits per heavy atom. The summed E-state index contributed by atoms with van der Waals surface area (Å²) >= 11 is 1.48. The lowest BCUT2D eigenvalue weighted by atomic mass is 10.4. The molecule has 2 amide bonds. The van der Waals surface area contributed by atoms with Crippen molar-refractivity contribution in [1.82, 2.24) is 10.2 Å². The Bertz CT molecular complexity index is 423. The lowest BCUT2D eigenvalue weighted by Gasteiger charge is -2.33. The number of rotatable bonds is 4. The van der Waals surface area contributed by atoms with Crippen LogP contribution in [0.5, 0.6) is 0 Å². The van der Waals surface area contributed by atoms with Crippen LogP contribution in [0.3, 0.4) is 0 Å². The fourth-order valence-electron chi connectivity index (χ4n) is 1.55. The van der Waals surface area contributed by atoms with E-state index in [4.69, 9.17) is 5.11 Å². The summed E-state index contributed by atoms with van der Waals surface area (Å²) in [6.07, 6.45) is 0.916. The van der Waals surface area contributed by atoms with Crippen molar-refractivity contribution in [2.24, 2.45) is 0 Å². The smallest absolute Gasteiger partial charge is 0.318 e. The molecule has 0 bridgehead atoms. The second-order valence-electron chi connectivity index (χ2n) is 3.93.